The molecule has 0 saturated carbocycles. The molecule has 3 aromatic rings. The highest BCUT2D eigenvalue weighted by Gasteiger charge is 2.32. The summed E-state index contributed by atoms with van der Waals surface area (Å²) in [4.78, 5) is 19.8. The molecule has 1 aliphatic rings. The summed E-state index contributed by atoms with van der Waals surface area (Å²) < 4.78 is 51.9. The van der Waals surface area contributed by atoms with Gasteiger partial charge in [0.15, 0.2) is 11.5 Å². The van der Waals surface area contributed by atoms with E-state index >= 15 is 0 Å². The maximum absolute atomic E-state index is 13.7. The third kappa shape index (κ3) is 7.48. The summed E-state index contributed by atoms with van der Waals surface area (Å²) in [7, 11) is 7.03. The van der Waals surface area contributed by atoms with Crippen LogP contribution in [0.2, 0.25) is 0 Å². The largest absolute Gasteiger partial charge is 0.493 e. The SMILES string of the molecule is COc1ccc(-c2[nH]c3ccc(C4CCN(CC(=O)NCCCN(C)C)CC4)cc3c2CC(F)(F)F)cc1OC. The van der Waals surface area contributed by atoms with Crippen molar-refractivity contribution in [2.45, 2.75) is 37.8 Å². The number of likely N-dealkylation sites (tertiary alicyclic amines) is 1. The smallest absolute Gasteiger partial charge is 0.393 e. The van der Waals surface area contributed by atoms with Crippen LogP contribution >= 0.6 is 0 Å². The van der Waals surface area contributed by atoms with E-state index in [0.29, 0.717) is 46.7 Å². The van der Waals surface area contributed by atoms with Crippen LogP contribution in [-0.2, 0) is 11.2 Å². The molecule has 40 heavy (non-hydrogen) atoms. The minimum absolute atomic E-state index is 0.0328. The Hall–Kier alpha value is -3.24. The summed E-state index contributed by atoms with van der Waals surface area (Å²) >= 11 is 0. The number of amides is 1. The highest BCUT2D eigenvalue weighted by molar-refractivity contribution is 5.91. The van der Waals surface area contributed by atoms with Crippen LogP contribution in [0, 0.1) is 0 Å². The molecule has 1 aromatic heterocycles. The van der Waals surface area contributed by atoms with Crippen molar-refractivity contribution < 1.29 is 27.4 Å². The number of nitrogens with zero attached hydrogens (tertiary/aromatic N) is 2. The van der Waals surface area contributed by atoms with Crippen LogP contribution < -0.4 is 14.8 Å². The number of alkyl halides is 3. The monoisotopic (exact) mass is 560 g/mol. The van der Waals surface area contributed by atoms with Crippen molar-refractivity contribution in [1.29, 1.82) is 0 Å². The van der Waals surface area contributed by atoms with Crippen LogP contribution in [0.5, 0.6) is 11.5 Å². The summed E-state index contributed by atoms with van der Waals surface area (Å²) in [6.45, 7) is 3.50. The third-order valence-electron chi connectivity index (χ3n) is 7.51. The van der Waals surface area contributed by atoms with Gasteiger partial charge in [-0.05, 0) is 100 Å². The maximum Gasteiger partial charge on any atom is 0.393 e. The van der Waals surface area contributed by atoms with Gasteiger partial charge in [-0.2, -0.15) is 13.2 Å². The van der Waals surface area contributed by atoms with Gasteiger partial charge in [0.25, 0.3) is 0 Å². The molecular weight excluding hydrogens is 521 g/mol. The zero-order chi connectivity index (χ0) is 28.9. The van der Waals surface area contributed by atoms with Crippen LogP contribution in [0.3, 0.4) is 0 Å². The molecule has 0 unspecified atom stereocenters. The lowest BCUT2D eigenvalue weighted by Gasteiger charge is -2.31. The third-order valence-corrected chi connectivity index (χ3v) is 7.51. The summed E-state index contributed by atoms with van der Waals surface area (Å²) in [6, 6.07) is 10.9. The topological polar surface area (TPSA) is 69.8 Å². The summed E-state index contributed by atoms with van der Waals surface area (Å²) in [5.41, 5.74) is 2.94. The number of H-pyrrole nitrogens is 1. The van der Waals surface area contributed by atoms with E-state index in [2.05, 4.69) is 20.1 Å². The molecule has 0 radical (unpaired) electrons. The number of aromatic nitrogens is 1. The van der Waals surface area contributed by atoms with E-state index in [1.165, 1.54) is 14.2 Å². The molecule has 0 bridgehead atoms. The van der Waals surface area contributed by atoms with Crippen LogP contribution in [0.1, 0.15) is 36.3 Å². The molecule has 1 saturated heterocycles. The molecule has 4 rings (SSSR count). The van der Waals surface area contributed by atoms with E-state index in [1.54, 1.807) is 18.2 Å². The lowest BCUT2D eigenvalue weighted by atomic mass is 9.88. The van der Waals surface area contributed by atoms with Gasteiger partial charge in [0.1, 0.15) is 0 Å². The van der Waals surface area contributed by atoms with Crippen molar-refractivity contribution in [2.75, 3.05) is 61.0 Å². The number of benzene rings is 2. The molecule has 2 aromatic carbocycles. The highest BCUT2D eigenvalue weighted by Crippen LogP contribution is 2.40. The zero-order valence-corrected chi connectivity index (χ0v) is 23.7. The molecule has 218 valence electrons. The molecule has 0 atom stereocenters. The fourth-order valence-electron chi connectivity index (χ4n) is 5.45. The second-order valence-corrected chi connectivity index (χ2v) is 10.7. The Morgan fingerprint density at radius 3 is 2.45 bits per heavy atom. The number of hydrogen-bond donors (Lipinski definition) is 2. The number of piperidine rings is 1. The van der Waals surface area contributed by atoms with E-state index in [0.717, 1.165) is 44.5 Å². The van der Waals surface area contributed by atoms with E-state index in [4.69, 9.17) is 9.47 Å². The Bertz CT molecular complexity index is 1300. The second kappa shape index (κ2) is 13.0. The molecule has 0 aliphatic carbocycles. The van der Waals surface area contributed by atoms with E-state index in [9.17, 15) is 18.0 Å². The molecule has 2 heterocycles. The first-order chi connectivity index (χ1) is 19.1. The molecule has 1 fully saturated rings. The molecule has 2 N–H and O–H groups in total. The van der Waals surface area contributed by atoms with Crippen molar-refractivity contribution in [3.63, 3.8) is 0 Å². The minimum atomic E-state index is -4.37. The number of methoxy groups -OCH3 is 2. The number of rotatable bonds is 11. The Balaban J connectivity index is 1.50. The molecule has 7 nitrogen and oxygen atoms in total. The minimum Gasteiger partial charge on any atom is -0.493 e. The summed E-state index contributed by atoms with van der Waals surface area (Å²) in [6.07, 6.45) is -2.80. The van der Waals surface area contributed by atoms with Gasteiger partial charge in [-0.3, -0.25) is 9.69 Å². The number of carbonyl (C=O) groups is 1. The molecule has 10 heteroatoms. The van der Waals surface area contributed by atoms with Gasteiger partial charge < -0.3 is 24.7 Å². The highest BCUT2D eigenvalue weighted by atomic mass is 19.4. The summed E-state index contributed by atoms with van der Waals surface area (Å²) in [5, 5.41) is 3.57. The van der Waals surface area contributed by atoms with Crippen molar-refractivity contribution in [3.05, 3.63) is 47.5 Å². The average Bonchev–Trinajstić information content (AvgIpc) is 3.27. The van der Waals surface area contributed by atoms with Crippen molar-refractivity contribution in [2.24, 2.45) is 0 Å². The Morgan fingerprint density at radius 1 is 1.07 bits per heavy atom. The lowest BCUT2D eigenvalue weighted by Crippen LogP contribution is -2.41. The first-order valence-corrected chi connectivity index (χ1v) is 13.7. The van der Waals surface area contributed by atoms with Crippen LogP contribution in [0.4, 0.5) is 13.2 Å². The lowest BCUT2D eigenvalue weighted by molar-refractivity contribution is -0.127. The Labute approximate surface area is 233 Å². The first kappa shape index (κ1) is 29.7. The van der Waals surface area contributed by atoms with Gasteiger partial charge in [-0.1, -0.05) is 6.07 Å². The number of nitrogens with one attached hydrogen (secondary N) is 2. The van der Waals surface area contributed by atoms with E-state index in [-0.39, 0.29) is 17.4 Å². The molecule has 1 amide bonds. The number of fused-ring (bicyclic) bond motifs is 1. The van der Waals surface area contributed by atoms with Gasteiger partial charge >= 0.3 is 6.18 Å². The first-order valence-electron chi connectivity index (χ1n) is 13.7. The standard InChI is InChI=1S/C30H39F3N4O3/c1-36(2)13-5-12-34-28(38)19-37-14-10-20(11-15-37)21-6-8-25-23(16-21)24(18-30(31,32)33)29(35-25)22-7-9-26(39-3)27(17-22)40-4/h6-9,16-17,20,35H,5,10-15,18-19H2,1-4H3,(H,34,38). The van der Waals surface area contributed by atoms with E-state index in [1.807, 2.05) is 32.3 Å². The predicted molar refractivity (Wildman–Crippen MR) is 151 cm³/mol. The van der Waals surface area contributed by atoms with Gasteiger partial charge in [-0.15, -0.1) is 0 Å². The number of carbonyl (C=O) groups excluding carboxylic acids is 1. The number of halogens is 3. The van der Waals surface area contributed by atoms with Crippen LogP contribution in [-0.4, -0.2) is 87.9 Å². The van der Waals surface area contributed by atoms with Gasteiger partial charge in [0.05, 0.1) is 32.9 Å². The normalized spacial score (nSPS) is 15.1. The second-order valence-electron chi connectivity index (χ2n) is 10.7. The van der Waals surface area contributed by atoms with Crippen LogP contribution in [0.25, 0.3) is 22.2 Å². The Kier molecular flexibility index (Phi) is 9.63. The fourth-order valence-corrected chi connectivity index (χ4v) is 5.45. The zero-order valence-electron chi connectivity index (χ0n) is 23.7. The van der Waals surface area contributed by atoms with Gasteiger partial charge in [0, 0.05) is 23.0 Å². The van der Waals surface area contributed by atoms with Crippen LogP contribution in [0.15, 0.2) is 36.4 Å². The van der Waals surface area contributed by atoms with Crippen molar-refractivity contribution in [3.8, 4) is 22.8 Å². The quantitative estimate of drug-likeness (QED) is 0.316. The van der Waals surface area contributed by atoms with E-state index < -0.39 is 12.6 Å². The van der Waals surface area contributed by atoms with Crippen molar-refractivity contribution in [1.82, 2.24) is 20.1 Å². The van der Waals surface area contributed by atoms with Gasteiger partial charge in [-0.25, -0.2) is 0 Å². The molecule has 1 aliphatic heterocycles. The molecular formula is C30H39F3N4O3. The number of aromatic amines is 1. The Morgan fingerprint density at radius 2 is 1.80 bits per heavy atom. The van der Waals surface area contributed by atoms with Gasteiger partial charge in [0.2, 0.25) is 5.91 Å². The molecule has 0 spiro atoms. The van der Waals surface area contributed by atoms with Crippen molar-refractivity contribution >= 4 is 16.8 Å². The maximum atomic E-state index is 13.7. The fraction of sp³-hybridized carbons (Fsp3) is 0.500. The predicted octanol–water partition coefficient (Wildman–Crippen LogP) is 5.20. The number of hydrogen-bond acceptors (Lipinski definition) is 5. The summed E-state index contributed by atoms with van der Waals surface area (Å²) in [5.74, 6) is 1.22. The number of ether oxygens (including phenoxy) is 2. The average molecular weight is 561 g/mol.